The predicted octanol–water partition coefficient (Wildman–Crippen LogP) is 2.93. The number of halogens is 1. The highest BCUT2D eigenvalue weighted by Crippen LogP contribution is 2.23. The van der Waals surface area contributed by atoms with Gasteiger partial charge in [-0.25, -0.2) is 0 Å². The van der Waals surface area contributed by atoms with E-state index in [0.717, 1.165) is 43.4 Å². The summed E-state index contributed by atoms with van der Waals surface area (Å²) in [5.41, 5.74) is 0.779. The molecule has 0 bridgehead atoms. The van der Waals surface area contributed by atoms with Gasteiger partial charge in [-0.3, -0.25) is 4.79 Å². The van der Waals surface area contributed by atoms with Gasteiger partial charge in [0.25, 0.3) is 5.91 Å². The molecule has 1 saturated heterocycles. The molecule has 3 rings (SSSR count). The molecule has 0 radical (unpaired) electrons. The van der Waals surface area contributed by atoms with Crippen LogP contribution in [0.3, 0.4) is 0 Å². The van der Waals surface area contributed by atoms with Crippen molar-refractivity contribution in [2.24, 2.45) is 5.92 Å². The fourth-order valence-electron chi connectivity index (χ4n) is 2.87. The van der Waals surface area contributed by atoms with Crippen LogP contribution in [0.2, 0.25) is 0 Å². The van der Waals surface area contributed by atoms with Crippen molar-refractivity contribution in [3.63, 3.8) is 0 Å². The third kappa shape index (κ3) is 3.39. The van der Waals surface area contributed by atoms with Crippen LogP contribution in [0.15, 0.2) is 34.7 Å². The van der Waals surface area contributed by atoms with Crippen LogP contribution in [0.25, 0.3) is 11.0 Å². The fourth-order valence-corrected chi connectivity index (χ4v) is 2.87. The standard InChI is InChI=1S/C16H20N2O2.ClH/c1-17-11-12-6-8-18(9-7-12)16(19)15-10-13-4-2-3-5-14(13)20-15;/h2-5,10,12,17H,6-9,11H2,1H3;1H. The van der Waals surface area contributed by atoms with Crippen molar-refractivity contribution < 1.29 is 9.21 Å². The molecule has 0 saturated carbocycles. The number of carbonyl (C=O) groups excluding carboxylic acids is 1. The van der Waals surface area contributed by atoms with Crippen molar-refractivity contribution in [3.05, 3.63) is 36.1 Å². The third-order valence-corrected chi connectivity index (χ3v) is 4.03. The minimum absolute atomic E-state index is 0. The Labute approximate surface area is 130 Å². The molecule has 1 aromatic carbocycles. The van der Waals surface area contributed by atoms with Gasteiger partial charge in [-0.1, -0.05) is 18.2 Å². The average Bonchev–Trinajstić information content (AvgIpc) is 2.91. The minimum Gasteiger partial charge on any atom is -0.451 e. The summed E-state index contributed by atoms with van der Waals surface area (Å²) in [5.74, 6) is 1.15. The Hall–Kier alpha value is -1.52. The zero-order chi connectivity index (χ0) is 13.9. The molecule has 5 heteroatoms. The first-order valence-electron chi connectivity index (χ1n) is 7.20. The highest BCUT2D eigenvalue weighted by atomic mass is 35.5. The largest absolute Gasteiger partial charge is 0.451 e. The zero-order valence-electron chi connectivity index (χ0n) is 12.2. The molecule has 1 amide bonds. The van der Waals surface area contributed by atoms with Crippen molar-refractivity contribution >= 4 is 29.3 Å². The molecule has 0 atom stereocenters. The lowest BCUT2D eigenvalue weighted by Gasteiger charge is -2.31. The molecule has 2 heterocycles. The second kappa shape index (κ2) is 6.96. The molecule has 114 valence electrons. The fraction of sp³-hybridized carbons (Fsp3) is 0.438. The van der Waals surface area contributed by atoms with Gasteiger partial charge in [0, 0.05) is 18.5 Å². The number of hydrogen-bond donors (Lipinski definition) is 1. The van der Waals surface area contributed by atoms with E-state index in [-0.39, 0.29) is 18.3 Å². The summed E-state index contributed by atoms with van der Waals surface area (Å²) in [6.45, 7) is 2.68. The molecule has 1 aromatic heterocycles. The highest BCUT2D eigenvalue weighted by Gasteiger charge is 2.25. The average molecular weight is 309 g/mol. The second-order valence-electron chi connectivity index (χ2n) is 5.44. The van der Waals surface area contributed by atoms with E-state index in [9.17, 15) is 4.79 Å². The maximum absolute atomic E-state index is 12.5. The SMILES string of the molecule is CNCC1CCN(C(=O)c2cc3ccccc3o2)CC1.Cl. The Balaban J connectivity index is 0.00000161. The number of furan rings is 1. The van der Waals surface area contributed by atoms with Crippen LogP contribution in [-0.2, 0) is 0 Å². The van der Waals surface area contributed by atoms with E-state index >= 15 is 0 Å². The van der Waals surface area contributed by atoms with Gasteiger partial charge in [-0.2, -0.15) is 0 Å². The first-order chi connectivity index (χ1) is 9.78. The first-order valence-corrected chi connectivity index (χ1v) is 7.20. The number of amides is 1. The van der Waals surface area contributed by atoms with Crippen LogP contribution >= 0.6 is 12.4 Å². The molecule has 4 nitrogen and oxygen atoms in total. The normalized spacial score (nSPS) is 16.0. The molecular formula is C16H21ClN2O2. The first kappa shape index (κ1) is 15.9. The van der Waals surface area contributed by atoms with E-state index in [1.165, 1.54) is 0 Å². The van der Waals surface area contributed by atoms with Gasteiger partial charge in [0.1, 0.15) is 5.58 Å². The van der Waals surface area contributed by atoms with Gasteiger partial charge in [0.05, 0.1) is 0 Å². The number of likely N-dealkylation sites (tertiary alicyclic amines) is 1. The van der Waals surface area contributed by atoms with Gasteiger partial charge in [0.2, 0.25) is 0 Å². The topological polar surface area (TPSA) is 45.5 Å². The maximum Gasteiger partial charge on any atom is 0.289 e. The smallest absolute Gasteiger partial charge is 0.289 e. The molecular weight excluding hydrogens is 288 g/mol. The molecule has 2 aromatic rings. The van der Waals surface area contributed by atoms with E-state index in [4.69, 9.17) is 4.42 Å². The Morgan fingerprint density at radius 2 is 2.05 bits per heavy atom. The van der Waals surface area contributed by atoms with Gasteiger partial charge >= 0.3 is 0 Å². The van der Waals surface area contributed by atoms with Gasteiger partial charge in [-0.15, -0.1) is 12.4 Å². The van der Waals surface area contributed by atoms with Gasteiger partial charge in [0.15, 0.2) is 5.76 Å². The quantitative estimate of drug-likeness (QED) is 0.948. The molecule has 1 fully saturated rings. The van der Waals surface area contributed by atoms with Crippen LogP contribution in [0.4, 0.5) is 0 Å². The lowest BCUT2D eigenvalue weighted by molar-refractivity contribution is 0.0661. The summed E-state index contributed by atoms with van der Waals surface area (Å²) in [4.78, 5) is 14.4. The van der Waals surface area contributed by atoms with Gasteiger partial charge in [-0.05, 0) is 44.5 Å². The number of nitrogens with zero attached hydrogens (tertiary/aromatic N) is 1. The van der Waals surface area contributed by atoms with Crippen molar-refractivity contribution in [3.8, 4) is 0 Å². The van der Waals surface area contributed by atoms with Gasteiger partial charge < -0.3 is 14.6 Å². The lowest BCUT2D eigenvalue weighted by atomic mass is 9.97. The Morgan fingerprint density at radius 1 is 1.33 bits per heavy atom. The van der Waals surface area contributed by atoms with Crippen LogP contribution in [0, 0.1) is 5.92 Å². The van der Waals surface area contributed by atoms with E-state index in [0.29, 0.717) is 11.7 Å². The maximum atomic E-state index is 12.5. The van der Waals surface area contributed by atoms with E-state index < -0.39 is 0 Å². The summed E-state index contributed by atoms with van der Waals surface area (Å²) < 4.78 is 5.65. The number of hydrogen-bond acceptors (Lipinski definition) is 3. The van der Waals surface area contributed by atoms with E-state index in [1.807, 2.05) is 42.3 Å². The number of carbonyl (C=O) groups is 1. The van der Waals surface area contributed by atoms with Crippen LogP contribution < -0.4 is 5.32 Å². The van der Waals surface area contributed by atoms with Crippen molar-refractivity contribution in [1.29, 1.82) is 0 Å². The predicted molar refractivity (Wildman–Crippen MR) is 86.0 cm³/mol. The number of nitrogens with one attached hydrogen (secondary N) is 1. The molecule has 0 spiro atoms. The van der Waals surface area contributed by atoms with E-state index in [2.05, 4.69) is 5.32 Å². The molecule has 0 unspecified atom stereocenters. The highest BCUT2D eigenvalue weighted by molar-refractivity contribution is 5.96. The van der Waals surface area contributed by atoms with Crippen molar-refractivity contribution in [2.45, 2.75) is 12.8 Å². The van der Waals surface area contributed by atoms with Crippen molar-refractivity contribution in [1.82, 2.24) is 10.2 Å². The summed E-state index contributed by atoms with van der Waals surface area (Å²) in [7, 11) is 1.98. The van der Waals surface area contributed by atoms with Crippen LogP contribution in [0.5, 0.6) is 0 Å². The monoisotopic (exact) mass is 308 g/mol. The molecule has 1 N–H and O–H groups in total. The summed E-state index contributed by atoms with van der Waals surface area (Å²) in [5, 5.41) is 4.20. The number of rotatable bonds is 3. The molecule has 1 aliphatic rings. The Kier molecular flexibility index (Phi) is 5.26. The van der Waals surface area contributed by atoms with Crippen LogP contribution in [-0.4, -0.2) is 37.5 Å². The molecule has 0 aliphatic carbocycles. The summed E-state index contributed by atoms with van der Waals surface area (Å²) >= 11 is 0. The van der Waals surface area contributed by atoms with E-state index in [1.54, 1.807) is 0 Å². The second-order valence-corrected chi connectivity index (χ2v) is 5.44. The van der Waals surface area contributed by atoms with Crippen molar-refractivity contribution in [2.75, 3.05) is 26.7 Å². The Morgan fingerprint density at radius 3 is 2.71 bits per heavy atom. The number of fused-ring (bicyclic) bond motifs is 1. The zero-order valence-corrected chi connectivity index (χ0v) is 13.0. The molecule has 21 heavy (non-hydrogen) atoms. The van der Waals surface area contributed by atoms with Crippen LogP contribution in [0.1, 0.15) is 23.4 Å². The minimum atomic E-state index is 0. The summed E-state index contributed by atoms with van der Waals surface area (Å²) in [6, 6.07) is 9.58. The molecule has 1 aliphatic heterocycles. The number of para-hydroxylation sites is 1. The Bertz CT molecular complexity index is 570. The third-order valence-electron chi connectivity index (χ3n) is 4.03. The lowest BCUT2D eigenvalue weighted by Crippen LogP contribution is -2.40. The summed E-state index contributed by atoms with van der Waals surface area (Å²) in [6.07, 6.45) is 2.12. The number of piperidine rings is 1. The number of benzene rings is 1.